The third-order valence-electron chi connectivity index (χ3n) is 3.51. The maximum atomic E-state index is 10.2. The molecule has 2 aromatic carbocycles. The normalized spacial score (nSPS) is 12.0. The molecule has 2 rings (SSSR count). The first kappa shape index (κ1) is 18.6. The van der Waals surface area contributed by atoms with Crippen molar-refractivity contribution in [2.24, 2.45) is 0 Å². The summed E-state index contributed by atoms with van der Waals surface area (Å²) in [5.41, 5.74) is 1.87. The third-order valence-corrected chi connectivity index (χ3v) is 3.79. The minimum absolute atomic E-state index is 0.457. The fourth-order valence-corrected chi connectivity index (χ4v) is 2.70. The molecule has 0 amide bonds. The van der Waals surface area contributed by atoms with Gasteiger partial charge in [0.2, 0.25) is 0 Å². The largest absolute Gasteiger partial charge is 0.490 e. The van der Waals surface area contributed by atoms with Gasteiger partial charge in [-0.2, -0.15) is 0 Å². The first-order valence-corrected chi connectivity index (χ1v) is 8.55. The molecule has 0 fully saturated rings. The second-order valence-corrected chi connectivity index (χ2v) is 5.74. The average molecular weight is 350 g/mol. The topological polar surface area (TPSA) is 50.7 Å². The lowest BCUT2D eigenvalue weighted by Gasteiger charge is -2.16. The summed E-state index contributed by atoms with van der Waals surface area (Å²) in [4.78, 5) is 0. The van der Waals surface area contributed by atoms with Crippen molar-refractivity contribution in [2.75, 3.05) is 19.8 Å². The number of hydrogen-bond donors (Lipinski definition) is 2. The summed E-state index contributed by atoms with van der Waals surface area (Å²) < 4.78 is 11.2. The van der Waals surface area contributed by atoms with Crippen LogP contribution < -0.4 is 14.8 Å². The first-order chi connectivity index (χ1) is 11.7. The van der Waals surface area contributed by atoms with Crippen molar-refractivity contribution in [3.63, 3.8) is 0 Å². The van der Waals surface area contributed by atoms with Crippen LogP contribution in [0.2, 0.25) is 5.02 Å². The highest BCUT2D eigenvalue weighted by atomic mass is 35.5. The standard InChI is InChI=1S/C19H24ClNO3/c1-3-23-18-11-14(10-16(20)19(18)24-4-2)12-21-13-17(22)15-8-6-5-7-9-15/h5-11,17,21-22H,3-4,12-13H2,1-2H3/t17-/m1/s1. The van der Waals surface area contributed by atoms with Crippen molar-refractivity contribution in [3.8, 4) is 11.5 Å². The van der Waals surface area contributed by atoms with Crippen LogP contribution in [0.15, 0.2) is 42.5 Å². The lowest BCUT2D eigenvalue weighted by molar-refractivity contribution is 0.174. The Morgan fingerprint density at radius 3 is 2.46 bits per heavy atom. The number of nitrogens with one attached hydrogen (secondary N) is 1. The zero-order valence-electron chi connectivity index (χ0n) is 14.1. The highest BCUT2D eigenvalue weighted by Crippen LogP contribution is 2.36. The highest BCUT2D eigenvalue weighted by molar-refractivity contribution is 6.32. The lowest BCUT2D eigenvalue weighted by Crippen LogP contribution is -2.21. The van der Waals surface area contributed by atoms with Crippen LogP contribution in [0.3, 0.4) is 0 Å². The predicted octanol–water partition coefficient (Wildman–Crippen LogP) is 3.96. The molecule has 5 heteroatoms. The molecule has 0 saturated heterocycles. The summed E-state index contributed by atoms with van der Waals surface area (Å²) in [5, 5.41) is 13.9. The Bertz CT molecular complexity index is 634. The lowest BCUT2D eigenvalue weighted by atomic mass is 10.1. The maximum absolute atomic E-state index is 10.2. The average Bonchev–Trinajstić information content (AvgIpc) is 2.59. The van der Waals surface area contributed by atoms with Crippen molar-refractivity contribution in [3.05, 3.63) is 58.6 Å². The summed E-state index contributed by atoms with van der Waals surface area (Å²) in [6.45, 7) is 5.94. The number of hydrogen-bond acceptors (Lipinski definition) is 4. The molecule has 0 bridgehead atoms. The molecular weight excluding hydrogens is 326 g/mol. The summed E-state index contributed by atoms with van der Waals surface area (Å²) >= 11 is 6.30. The molecule has 2 aromatic rings. The fourth-order valence-electron chi connectivity index (χ4n) is 2.42. The Balaban J connectivity index is 1.99. The number of ether oxygens (including phenoxy) is 2. The smallest absolute Gasteiger partial charge is 0.179 e. The second kappa shape index (κ2) is 9.52. The first-order valence-electron chi connectivity index (χ1n) is 8.17. The van der Waals surface area contributed by atoms with Crippen LogP contribution in [0.5, 0.6) is 11.5 Å². The zero-order chi connectivity index (χ0) is 17.4. The maximum Gasteiger partial charge on any atom is 0.179 e. The van der Waals surface area contributed by atoms with E-state index in [1.54, 1.807) is 0 Å². The molecule has 2 N–H and O–H groups in total. The molecule has 0 aliphatic rings. The molecule has 24 heavy (non-hydrogen) atoms. The summed E-state index contributed by atoms with van der Waals surface area (Å²) in [6.07, 6.45) is -0.546. The van der Waals surface area contributed by atoms with Gasteiger partial charge in [0.25, 0.3) is 0 Å². The van der Waals surface area contributed by atoms with E-state index in [0.717, 1.165) is 11.1 Å². The Morgan fingerprint density at radius 2 is 1.79 bits per heavy atom. The van der Waals surface area contributed by atoms with Gasteiger partial charge in [0.1, 0.15) is 0 Å². The molecule has 0 heterocycles. The number of halogens is 1. The van der Waals surface area contributed by atoms with Gasteiger partial charge in [0.05, 0.1) is 24.3 Å². The number of aliphatic hydroxyl groups is 1. The fraction of sp³-hybridized carbons (Fsp3) is 0.368. The van der Waals surface area contributed by atoms with Crippen molar-refractivity contribution in [1.29, 1.82) is 0 Å². The van der Waals surface area contributed by atoms with Crippen molar-refractivity contribution in [2.45, 2.75) is 26.5 Å². The molecule has 1 atom stereocenters. The van der Waals surface area contributed by atoms with E-state index in [0.29, 0.717) is 42.8 Å². The monoisotopic (exact) mass is 349 g/mol. The van der Waals surface area contributed by atoms with E-state index in [1.165, 1.54) is 0 Å². The van der Waals surface area contributed by atoms with Crippen LogP contribution in [-0.4, -0.2) is 24.9 Å². The quantitative estimate of drug-likeness (QED) is 0.719. The van der Waals surface area contributed by atoms with Crippen LogP contribution in [0, 0.1) is 0 Å². The van der Waals surface area contributed by atoms with Gasteiger partial charge >= 0.3 is 0 Å². The Labute approximate surface area is 148 Å². The second-order valence-electron chi connectivity index (χ2n) is 5.33. The van der Waals surface area contributed by atoms with Gasteiger partial charge in [-0.05, 0) is 37.1 Å². The van der Waals surface area contributed by atoms with Crippen molar-refractivity contribution < 1.29 is 14.6 Å². The summed E-state index contributed by atoms with van der Waals surface area (Å²) in [5.74, 6) is 1.22. The number of benzene rings is 2. The molecule has 0 aliphatic heterocycles. The molecule has 130 valence electrons. The molecular formula is C19H24ClNO3. The zero-order valence-corrected chi connectivity index (χ0v) is 14.8. The number of aliphatic hydroxyl groups excluding tert-OH is 1. The van der Waals surface area contributed by atoms with Crippen LogP contribution in [-0.2, 0) is 6.54 Å². The molecule has 0 aliphatic carbocycles. The minimum atomic E-state index is -0.546. The van der Waals surface area contributed by atoms with Gasteiger partial charge in [-0.1, -0.05) is 41.9 Å². The van der Waals surface area contributed by atoms with Gasteiger partial charge in [0.15, 0.2) is 11.5 Å². The van der Waals surface area contributed by atoms with E-state index in [2.05, 4.69) is 5.32 Å². The third kappa shape index (κ3) is 5.13. The van der Waals surface area contributed by atoms with Crippen molar-refractivity contribution in [1.82, 2.24) is 5.32 Å². The SMILES string of the molecule is CCOc1cc(CNC[C@@H](O)c2ccccc2)cc(Cl)c1OCC. The van der Waals surface area contributed by atoms with E-state index in [1.807, 2.05) is 56.3 Å². The van der Waals surface area contributed by atoms with E-state index in [-0.39, 0.29) is 0 Å². The van der Waals surface area contributed by atoms with Gasteiger partial charge in [-0.3, -0.25) is 0 Å². The summed E-state index contributed by atoms with van der Waals surface area (Å²) in [7, 11) is 0. The molecule has 0 saturated carbocycles. The van der Waals surface area contributed by atoms with Crippen LogP contribution in [0.1, 0.15) is 31.1 Å². The van der Waals surface area contributed by atoms with Crippen LogP contribution in [0.25, 0.3) is 0 Å². The van der Waals surface area contributed by atoms with E-state index in [9.17, 15) is 5.11 Å². The minimum Gasteiger partial charge on any atom is -0.490 e. The molecule has 0 radical (unpaired) electrons. The predicted molar refractivity (Wildman–Crippen MR) is 96.9 cm³/mol. The highest BCUT2D eigenvalue weighted by Gasteiger charge is 2.13. The van der Waals surface area contributed by atoms with Gasteiger partial charge in [-0.15, -0.1) is 0 Å². The van der Waals surface area contributed by atoms with Gasteiger partial charge < -0.3 is 19.9 Å². The molecule has 4 nitrogen and oxygen atoms in total. The van der Waals surface area contributed by atoms with Gasteiger partial charge in [0, 0.05) is 13.1 Å². The molecule has 0 unspecified atom stereocenters. The van der Waals surface area contributed by atoms with Crippen LogP contribution >= 0.6 is 11.6 Å². The van der Waals surface area contributed by atoms with Crippen LogP contribution in [0.4, 0.5) is 0 Å². The molecule has 0 spiro atoms. The number of rotatable bonds is 9. The summed E-state index contributed by atoms with van der Waals surface area (Å²) in [6, 6.07) is 13.4. The van der Waals surface area contributed by atoms with E-state index >= 15 is 0 Å². The Kier molecular flexibility index (Phi) is 7.37. The van der Waals surface area contributed by atoms with E-state index < -0.39 is 6.10 Å². The Hall–Kier alpha value is -1.75. The van der Waals surface area contributed by atoms with Crippen molar-refractivity contribution >= 4 is 11.6 Å². The molecule has 0 aromatic heterocycles. The van der Waals surface area contributed by atoms with Gasteiger partial charge in [-0.25, -0.2) is 0 Å². The Morgan fingerprint density at radius 1 is 1.08 bits per heavy atom. The van der Waals surface area contributed by atoms with E-state index in [4.69, 9.17) is 21.1 Å².